The smallest absolute Gasteiger partial charge is 0.328 e. The van der Waals surface area contributed by atoms with Crippen molar-refractivity contribution in [3.8, 4) is 0 Å². The first-order chi connectivity index (χ1) is 7.50. The number of aliphatic hydroxyl groups is 1. The van der Waals surface area contributed by atoms with Crippen LogP contribution in [0, 0.1) is 5.82 Å². The molecule has 0 fully saturated rings. The van der Waals surface area contributed by atoms with Crippen molar-refractivity contribution >= 4 is 11.0 Å². The van der Waals surface area contributed by atoms with Gasteiger partial charge in [0.15, 0.2) is 0 Å². The van der Waals surface area contributed by atoms with Crippen molar-refractivity contribution in [2.24, 2.45) is 7.05 Å². The van der Waals surface area contributed by atoms with E-state index in [0.29, 0.717) is 11.0 Å². The summed E-state index contributed by atoms with van der Waals surface area (Å²) in [5.74, 6) is -0.391. The number of hydrogen-bond acceptors (Lipinski definition) is 2. The summed E-state index contributed by atoms with van der Waals surface area (Å²) in [6, 6.07) is 4.18. The number of rotatable bonds is 2. The highest BCUT2D eigenvalue weighted by molar-refractivity contribution is 5.76. The van der Waals surface area contributed by atoms with E-state index in [2.05, 4.69) is 0 Å². The van der Waals surface area contributed by atoms with Crippen molar-refractivity contribution in [1.82, 2.24) is 9.13 Å². The molecule has 0 bridgehead atoms. The summed E-state index contributed by atoms with van der Waals surface area (Å²) in [4.78, 5) is 11.8. The average molecular weight is 224 g/mol. The van der Waals surface area contributed by atoms with Crippen LogP contribution in [0.1, 0.15) is 6.92 Å². The topological polar surface area (TPSA) is 47.2 Å². The van der Waals surface area contributed by atoms with E-state index in [-0.39, 0.29) is 12.2 Å². The van der Waals surface area contributed by atoms with E-state index >= 15 is 0 Å². The quantitative estimate of drug-likeness (QED) is 0.822. The van der Waals surface area contributed by atoms with E-state index in [1.54, 1.807) is 20.0 Å². The fourth-order valence-corrected chi connectivity index (χ4v) is 1.82. The Kier molecular flexibility index (Phi) is 2.55. The van der Waals surface area contributed by atoms with Gasteiger partial charge in [-0.25, -0.2) is 9.18 Å². The van der Waals surface area contributed by atoms with E-state index in [4.69, 9.17) is 0 Å². The molecule has 1 heterocycles. The van der Waals surface area contributed by atoms with Gasteiger partial charge >= 0.3 is 5.69 Å². The van der Waals surface area contributed by atoms with Gasteiger partial charge in [-0.3, -0.25) is 9.13 Å². The third-order valence-electron chi connectivity index (χ3n) is 2.55. The summed E-state index contributed by atoms with van der Waals surface area (Å²) in [6.07, 6.45) is -0.647. The molecule has 4 nitrogen and oxygen atoms in total. The lowest BCUT2D eigenvalue weighted by Crippen LogP contribution is -2.26. The van der Waals surface area contributed by atoms with Crippen molar-refractivity contribution in [3.63, 3.8) is 0 Å². The third-order valence-corrected chi connectivity index (χ3v) is 2.55. The van der Waals surface area contributed by atoms with E-state index in [1.165, 1.54) is 21.3 Å². The monoisotopic (exact) mass is 224 g/mol. The first-order valence-corrected chi connectivity index (χ1v) is 5.03. The van der Waals surface area contributed by atoms with Gasteiger partial charge in [0.05, 0.1) is 23.7 Å². The van der Waals surface area contributed by atoms with Crippen LogP contribution in [0.15, 0.2) is 23.0 Å². The Morgan fingerprint density at radius 2 is 2.12 bits per heavy atom. The Bertz CT molecular complexity index is 583. The van der Waals surface area contributed by atoms with Crippen molar-refractivity contribution in [3.05, 3.63) is 34.5 Å². The number of aromatic nitrogens is 2. The van der Waals surface area contributed by atoms with E-state index in [0.717, 1.165) is 0 Å². The fraction of sp³-hybridized carbons (Fsp3) is 0.364. The van der Waals surface area contributed by atoms with Crippen LogP contribution in [0.3, 0.4) is 0 Å². The van der Waals surface area contributed by atoms with Crippen LogP contribution in [0.4, 0.5) is 4.39 Å². The summed E-state index contributed by atoms with van der Waals surface area (Å²) >= 11 is 0. The Morgan fingerprint density at radius 3 is 2.75 bits per heavy atom. The molecule has 5 heteroatoms. The molecule has 1 aromatic carbocycles. The predicted molar refractivity (Wildman–Crippen MR) is 58.8 cm³/mol. The van der Waals surface area contributed by atoms with Crippen molar-refractivity contribution < 1.29 is 9.50 Å². The second-order valence-electron chi connectivity index (χ2n) is 3.93. The molecule has 2 rings (SSSR count). The normalized spacial score (nSPS) is 13.2. The standard InChI is InChI=1S/C11H13FN2O2/c1-7(15)6-14-10-5-8(12)3-4-9(10)13(2)11(14)16/h3-5,7,15H,6H2,1-2H3. The van der Waals surface area contributed by atoms with Crippen LogP contribution in [-0.4, -0.2) is 20.3 Å². The molecule has 0 radical (unpaired) electrons. The Hall–Kier alpha value is -1.62. The molecule has 0 saturated heterocycles. The second-order valence-corrected chi connectivity index (χ2v) is 3.93. The van der Waals surface area contributed by atoms with Crippen LogP contribution in [-0.2, 0) is 13.6 Å². The lowest BCUT2D eigenvalue weighted by atomic mass is 10.3. The Labute approximate surface area is 91.5 Å². The van der Waals surface area contributed by atoms with Gasteiger partial charge in [-0.2, -0.15) is 0 Å². The molecule has 16 heavy (non-hydrogen) atoms. The summed E-state index contributed by atoms with van der Waals surface area (Å²) in [5.41, 5.74) is 0.918. The van der Waals surface area contributed by atoms with Gasteiger partial charge in [-0.05, 0) is 25.1 Å². The number of halogens is 1. The lowest BCUT2D eigenvalue weighted by molar-refractivity contribution is 0.173. The van der Waals surface area contributed by atoms with Gasteiger partial charge < -0.3 is 5.11 Å². The molecule has 0 saturated carbocycles. The van der Waals surface area contributed by atoms with E-state index in [1.807, 2.05) is 0 Å². The first-order valence-electron chi connectivity index (χ1n) is 5.03. The number of imidazole rings is 1. The third kappa shape index (κ3) is 1.63. The molecule has 0 spiro atoms. The lowest BCUT2D eigenvalue weighted by Gasteiger charge is -2.05. The minimum Gasteiger partial charge on any atom is -0.392 e. The highest BCUT2D eigenvalue weighted by atomic mass is 19.1. The van der Waals surface area contributed by atoms with Gasteiger partial charge in [0.25, 0.3) is 0 Å². The van der Waals surface area contributed by atoms with Crippen LogP contribution in [0.5, 0.6) is 0 Å². The number of aliphatic hydroxyl groups excluding tert-OH is 1. The minimum absolute atomic E-state index is 0.166. The molecular weight excluding hydrogens is 211 g/mol. The largest absolute Gasteiger partial charge is 0.392 e. The summed E-state index contributed by atoms with van der Waals surface area (Å²) in [5, 5.41) is 9.31. The van der Waals surface area contributed by atoms with Gasteiger partial charge in [-0.1, -0.05) is 0 Å². The van der Waals surface area contributed by atoms with Crippen LogP contribution in [0.25, 0.3) is 11.0 Å². The molecule has 0 aliphatic rings. The molecule has 0 amide bonds. The molecule has 0 aliphatic heterocycles. The SMILES string of the molecule is CC(O)Cn1c(=O)n(C)c2ccc(F)cc21. The first kappa shape index (κ1) is 10.9. The summed E-state index contributed by atoms with van der Waals surface area (Å²) in [7, 11) is 1.63. The zero-order valence-electron chi connectivity index (χ0n) is 9.14. The molecule has 0 aliphatic carbocycles. The van der Waals surface area contributed by atoms with E-state index in [9.17, 15) is 14.3 Å². The molecular formula is C11H13FN2O2. The number of benzene rings is 1. The number of hydrogen-bond donors (Lipinski definition) is 1. The van der Waals surface area contributed by atoms with Gasteiger partial charge in [0.1, 0.15) is 5.82 Å². The van der Waals surface area contributed by atoms with Crippen LogP contribution < -0.4 is 5.69 Å². The molecule has 1 N–H and O–H groups in total. The molecule has 2 aromatic rings. The number of nitrogens with zero attached hydrogens (tertiary/aromatic N) is 2. The highest BCUT2D eigenvalue weighted by Crippen LogP contribution is 2.14. The van der Waals surface area contributed by atoms with Crippen molar-refractivity contribution in [2.45, 2.75) is 19.6 Å². The maximum absolute atomic E-state index is 13.1. The van der Waals surface area contributed by atoms with Gasteiger partial charge in [0, 0.05) is 7.05 Å². The predicted octanol–water partition coefficient (Wildman–Crippen LogP) is 0.860. The fourth-order valence-electron chi connectivity index (χ4n) is 1.82. The highest BCUT2D eigenvalue weighted by Gasteiger charge is 2.12. The maximum atomic E-state index is 13.1. The van der Waals surface area contributed by atoms with E-state index < -0.39 is 11.9 Å². The van der Waals surface area contributed by atoms with Gasteiger partial charge in [-0.15, -0.1) is 0 Å². The number of fused-ring (bicyclic) bond motifs is 1. The minimum atomic E-state index is -0.647. The van der Waals surface area contributed by atoms with Gasteiger partial charge in [0.2, 0.25) is 0 Å². The summed E-state index contributed by atoms with van der Waals surface area (Å²) < 4.78 is 15.9. The van der Waals surface area contributed by atoms with Crippen molar-refractivity contribution in [1.29, 1.82) is 0 Å². The second kappa shape index (κ2) is 3.75. The Balaban J connectivity index is 2.75. The maximum Gasteiger partial charge on any atom is 0.328 e. The number of aryl methyl sites for hydroxylation is 1. The van der Waals surface area contributed by atoms with Crippen LogP contribution in [0.2, 0.25) is 0 Å². The molecule has 86 valence electrons. The average Bonchev–Trinajstić information content (AvgIpc) is 2.43. The molecule has 1 atom stereocenters. The molecule has 1 unspecified atom stereocenters. The summed E-state index contributed by atoms with van der Waals surface area (Å²) in [6.45, 7) is 1.75. The zero-order chi connectivity index (χ0) is 11.9. The zero-order valence-corrected chi connectivity index (χ0v) is 9.14. The van der Waals surface area contributed by atoms with Crippen LogP contribution >= 0.6 is 0 Å². The van der Waals surface area contributed by atoms with Crippen molar-refractivity contribution in [2.75, 3.05) is 0 Å². The Morgan fingerprint density at radius 1 is 1.44 bits per heavy atom. The molecule has 1 aromatic heterocycles.